The van der Waals surface area contributed by atoms with Crippen LogP contribution in [-0.4, -0.2) is 28.0 Å². The number of carbonyl (C=O) groups is 2. The van der Waals surface area contributed by atoms with Crippen LogP contribution in [0.5, 0.6) is 0 Å². The Labute approximate surface area is 134 Å². The molecule has 1 heterocycles. The van der Waals surface area contributed by atoms with E-state index in [0.29, 0.717) is 17.5 Å². The predicted molar refractivity (Wildman–Crippen MR) is 84.2 cm³/mol. The van der Waals surface area contributed by atoms with Crippen molar-refractivity contribution in [2.45, 2.75) is 63.3 Å². The fourth-order valence-corrected chi connectivity index (χ4v) is 4.16. The van der Waals surface area contributed by atoms with Crippen molar-refractivity contribution in [1.29, 1.82) is 0 Å². The van der Waals surface area contributed by atoms with Gasteiger partial charge in [-0.3, -0.25) is 9.59 Å². The highest BCUT2D eigenvalue weighted by Crippen LogP contribution is 2.35. The molecule has 1 amide bonds. The van der Waals surface area contributed by atoms with Gasteiger partial charge in [-0.25, -0.2) is 4.98 Å². The predicted octanol–water partition coefficient (Wildman–Crippen LogP) is 3.17. The quantitative estimate of drug-likeness (QED) is 0.843. The number of thiazole rings is 1. The average molecular weight is 322 g/mol. The van der Waals surface area contributed by atoms with Crippen LogP contribution < -0.4 is 5.32 Å². The van der Waals surface area contributed by atoms with Crippen molar-refractivity contribution in [3.8, 4) is 0 Å². The lowest BCUT2D eigenvalue weighted by Gasteiger charge is -2.19. The van der Waals surface area contributed by atoms with Crippen LogP contribution in [0.25, 0.3) is 0 Å². The largest absolute Gasteiger partial charge is 0.481 e. The van der Waals surface area contributed by atoms with Crippen molar-refractivity contribution in [1.82, 2.24) is 10.3 Å². The lowest BCUT2D eigenvalue weighted by molar-refractivity contribution is -0.137. The van der Waals surface area contributed by atoms with Gasteiger partial charge >= 0.3 is 5.97 Å². The minimum atomic E-state index is -0.863. The van der Waals surface area contributed by atoms with E-state index >= 15 is 0 Å². The molecule has 120 valence electrons. The number of rotatable bonds is 6. The summed E-state index contributed by atoms with van der Waals surface area (Å²) in [6.45, 7) is 0. The molecule has 0 radical (unpaired) electrons. The van der Waals surface area contributed by atoms with Gasteiger partial charge in [0.2, 0.25) is 0 Å². The van der Waals surface area contributed by atoms with E-state index in [1.54, 1.807) is 11.3 Å². The summed E-state index contributed by atoms with van der Waals surface area (Å²) < 4.78 is 0. The number of hydrogen-bond donors (Lipinski definition) is 2. The van der Waals surface area contributed by atoms with E-state index in [4.69, 9.17) is 5.11 Å². The van der Waals surface area contributed by atoms with Crippen LogP contribution in [0.4, 0.5) is 0 Å². The first-order valence-electron chi connectivity index (χ1n) is 8.11. The van der Waals surface area contributed by atoms with Gasteiger partial charge in [0.1, 0.15) is 5.69 Å². The molecule has 2 fully saturated rings. The van der Waals surface area contributed by atoms with Gasteiger partial charge < -0.3 is 10.4 Å². The fraction of sp³-hybridized carbons (Fsp3) is 0.688. The van der Waals surface area contributed by atoms with E-state index in [1.807, 2.05) is 5.38 Å². The van der Waals surface area contributed by atoms with Gasteiger partial charge in [0.25, 0.3) is 5.91 Å². The van der Waals surface area contributed by atoms with Gasteiger partial charge in [-0.2, -0.15) is 0 Å². The molecule has 1 atom stereocenters. The molecule has 2 saturated carbocycles. The first-order chi connectivity index (χ1) is 10.6. The van der Waals surface area contributed by atoms with Crippen molar-refractivity contribution in [3.05, 3.63) is 16.1 Å². The molecule has 6 heteroatoms. The molecule has 0 aliphatic heterocycles. The minimum absolute atomic E-state index is 0.00394. The van der Waals surface area contributed by atoms with E-state index in [-0.39, 0.29) is 18.4 Å². The van der Waals surface area contributed by atoms with E-state index in [2.05, 4.69) is 10.3 Å². The number of carboxylic acid groups (broad SMARTS) is 1. The molecule has 1 aromatic rings. The molecule has 3 rings (SSSR count). The number of amides is 1. The van der Waals surface area contributed by atoms with Gasteiger partial charge in [0.05, 0.1) is 11.4 Å². The third kappa shape index (κ3) is 3.85. The van der Waals surface area contributed by atoms with E-state index in [9.17, 15) is 9.59 Å². The van der Waals surface area contributed by atoms with Crippen LogP contribution in [0, 0.1) is 5.92 Å². The van der Waals surface area contributed by atoms with Gasteiger partial charge in [0.15, 0.2) is 0 Å². The lowest BCUT2D eigenvalue weighted by atomic mass is 9.90. The van der Waals surface area contributed by atoms with E-state index in [1.165, 1.54) is 19.3 Å². The Morgan fingerprint density at radius 1 is 1.27 bits per heavy atom. The maximum absolute atomic E-state index is 12.3. The summed E-state index contributed by atoms with van der Waals surface area (Å²) in [5, 5.41) is 14.7. The number of hydrogen-bond acceptors (Lipinski definition) is 4. The highest BCUT2D eigenvalue weighted by Gasteiger charge is 2.34. The van der Waals surface area contributed by atoms with Crippen molar-refractivity contribution in [2.75, 3.05) is 0 Å². The third-order valence-corrected chi connectivity index (χ3v) is 5.62. The molecule has 22 heavy (non-hydrogen) atoms. The lowest BCUT2D eigenvalue weighted by Crippen LogP contribution is -2.38. The molecule has 1 aromatic heterocycles. The number of nitrogens with zero attached hydrogens (tertiary/aromatic N) is 1. The number of aromatic nitrogens is 1. The molecule has 0 aromatic carbocycles. The molecule has 0 saturated heterocycles. The van der Waals surface area contributed by atoms with Gasteiger partial charge in [0, 0.05) is 17.3 Å². The Hall–Kier alpha value is -1.43. The Balaban J connectivity index is 1.61. The topological polar surface area (TPSA) is 79.3 Å². The summed E-state index contributed by atoms with van der Waals surface area (Å²) in [7, 11) is 0. The molecule has 2 aliphatic carbocycles. The molecular formula is C16H22N2O3S. The number of aliphatic carboxylic acids is 1. The summed E-state index contributed by atoms with van der Waals surface area (Å²) in [5.41, 5.74) is 0.446. The second kappa shape index (κ2) is 6.77. The average Bonchev–Trinajstić information content (AvgIpc) is 3.23. The maximum Gasteiger partial charge on any atom is 0.305 e. The van der Waals surface area contributed by atoms with Gasteiger partial charge in [-0.1, -0.05) is 19.3 Å². The van der Waals surface area contributed by atoms with Crippen molar-refractivity contribution in [3.63, 3.8) is 0 Å². The fourth-order valence-electron chi connectivity index (χ4n) is 3.19. The summed E-state index contributed by atoms with van der Waals surface area (Å²) in [6.07, 6.45) is 8.12. The van der Waals surface area contributed by atoms with Gasteiger partial charge in [-0.15, -0.1) is 11.3 Å². The highest BCUT2D eigenvalue weighted by atomic mass is 32.1. The summed E-state index contributed by atoms with van der Waals surface area (Å²) in [6, 6.07) is -0.259. The molecule has 0 spiro atoms. The Kier molecular flexibility index (Phi) is 4.76. The number of nitrogens with one attached hydrogen (secondary N) is 1. The van der Waals surface area contributed by atoms with Gasteiger partial charge in [-0.05, 0) is 31.6 Å². The molecule has 2 N–H and O–H groups in total. The van der Waals surface area contributed by atoms with Crippen LogP contribution in [0.15, 0.2) is 5.38 Å². The Morgan fingerprint density at radius 2 is 2.00 bits per heavy atom. The zero-order chi connectivity index (χ0) is 15.5. The van der Waals surface area contributed by atoms with Crippen molar-refractivity contribution < 1.29 is 14.7 Å². The molecule has 0 bridgehead atoms. The molecule has 2 aliphatic rings. The maximum atomic E-state index is 12.3. The van der Waals surface area contributed by atoms with Crippen LogP contribution in [0.2, 0.25) is 0 Å². The highest BCUT2D eigenvalue weighted by molar-refractivity contribution is 7.09. The summed E-state index contributed by atoms with van der Waals surface area (Å²) in [4.78, 5) is 27.7. The second-order valence-corrected chi connectivity index (χ2v) is 7.31. The first kappa shape index (κ1) is 15.5. The SMILES string of the molecule is O=C(O)C[C@H](NC(=O)c1csc(C2CCCCC2)n1)C1CC1. The van der Waals surface area contributed by atoms with E-state index in [0.717, 1.165) is 30.7 Å². The first-order valence-corrected chi connectivity index (χ1v) is 8.99. The normalized spacial score (nSPS) is 20.5. The molecular weight excluding hydrogens is 300 g/mol. The number of carboxylic acids is 1. The monoisotopic (exact) mass is 322 g/mol. The zero-order valence-electron chi connectivity index (χ0n) is 12.6. The summed E-state index contributed by atoms with van der Waals surface area (Å²) in [5.74, 6) is -0.273. The smallest absolute Gasteiger partial charge is 0.305 e. The van der Waals surface area contributed by atoms with Crippen LogP contribution in [-0.2, 0) is 4.79 Å². The molecule has 5 nitrogen and oxygen atoms in total. The second-order valence-electron chi connectivity index (χ2n) is 6.42. The third-order valence-electron chi connectivity index (χ3n) is 4.61. The van der Waals surface area contributed by atoms with Crippen LogP contribution in [0.1, 0.15) is 72.8 Å². The van der Waals surface area contributed by atoms with Crippen molar-refractivity contribution in [2.24, 2.45) is 5.92 Å². The van der Waals surface area contributed by atoms with Crippen LogP contribution >= 0.6 is 11.3 Å². The van der Waals surface area contributed by atoms with Crippen molar-refractivity contribution >= 4 is 23.2 Å². The van der Waals surface area contributed by atoms with Crippen LogP contribution in [0.3, 0.4) is 0 Å². The number of carbonyl (C=O) groups excluding carboxylic acids is 1. The zero-order valence-corrected chi connectivity index (χ0v) is 13.4. The standard InChI is InChI=1S/C16H22N2O3S/c19-14(20)8-12(10-6-7-10)17-15(21)13-9-22-16(18-13)11-4-2-1-3-5-11/h9-12H,1-8H2,(H,17,21)(H,19,20)/t12-/m0/s1. The van der Waals surface area contributed by atoms with E-state index < -0.39 is 5.97 Å². The Bertz CT molecular complexity index is 547. The Morgan fingerprint density at radius 3 is 2.64 bits per heavy atom. The minimum Gasteiger partial charge on any atom is -0.481 e. The molecule has 0 unspecified atom stereocenters. The summed E-state index contributed by atoms with van der Waals surface area (Å²) >= 11 is 1.56.